The Bertz CT molecular complexity index is 1000. The van der Waals surface area contributed by atoms with Gasteiger partial charge in [-0.3, -0.25) is 4.68 Å². The van der Waals surface area contributed by atoms with Gasteiger partial charge in [-0.15, -0.1) is 0 Å². The van der Waals surface area contributed by atoms with Crippen LogP contribution in [-0.4, -0.2) is 20.9 Å². The van der Waals surface area contributed by atoms with Crippen LogP contribution >= 0.6 is 11.6 Å². The summed E-state index contributed by atoms with van der Waals surface area (Å²) in [5, 5.41) is 14.6. The number of hydrogen-bond acceptors (Lipinski definition) is 2. The number of rotatable bonds is 3. The van der Waals surface area contributed by atoms with E-state index in [2.05, 4.69) is 17.2 Å². The number of hydrogen-bond donors (Lipinski definition) is 1. The molecule has 0 fully saturated rings. The van der Waals surface area contributed by atoms with E-state index in [-0.39, 0.29) is 5.69 Å². The number of carboxylic acids is 1. The monoisotopic (exact) mass is 352 g/mol. The van der Waals surface area contributed by atoms with Gasteiger partial charge >= 0.3 is 5.97 Å². The van der Waals surface area contributed by atoms with Crippen LogP contribution in [-0.2, 0) is 13.0 Å². The lowest BCUT2D eigenvalue weighted by atomic mass is 10.1. The maximum Gasteiger partial charge on any atom is 0.356 e. The van der Waals surface area contributed by atoms with Crippen molar-refractivity contribution in [3.8, 4) is 11.3 Å². The molecule has 2 aromatic carbocycles. The Balaban J connectivity index is 1.86. The number of fused-ring (bicyclic) bond motifs is 3. The third kappa shape index (κ3) is 2.63. The number of carbonyl (C=O) groups is 1. The molecule has 4 nitrogen and oxygen atoms in total. The molecular weight excluding hydrogens is 336 g/mol. The van der Waals surface area contributed by atoms with Crippen LogP contribution in [0.4, 0.5) is 0 Å². The number of benzene rings is 2. The lowest BCUT2D eigenvalue weighted by Gasteiger charge is -2.10. The molecule has 1 heterocycles. The molecule has 25 heavy (non-hydrogen) atoms. The number of aromatic carboxylic acids is 1. The van der Waals surface area contributed by atoms with Crippen LogP contribution in [0, 0.1) is 13.8 Å². The molecule has 126 valence electrons. The van der Waals surface area contributed by atoms with E-state index in [0.717, 1.165) is 33.5 Å². The SMILES string of the molecule is Cc1ccc(Cn2nc(C(=O)O)c3c2-c2cc(C)c(Cl)cc2C3)cc1. The molecule has 0 amide bonds. The molecule has 0 saturated heterocycles. The number of carboxylic acid groups (broad SMARTS) is 1. The summed E-state index contributed by atoms with van der Waals surface area (Å²) < 4.78 is 1.81. The Kier molecular flexibility index (Phi) is 3.65. The van der Waals surface area contributed by atoms with Gasteiger partial charge in [0.25, 0.3) is 0 Å². The fourth-order valence-corrected chi connectivity index (χ4v) is 3.59. The highest BCUT2D eigenvalue weighted by Gasteiger charge is 2.30. The number of aromatic nitrogens is 2. The molecule has 3 aromatic rings. The third-order valence-corrected chi connectivity index (χ3v) is 5.12. The first-order chi connectivity index (χ1) is 11.9. The Morgan fingerprint density at radius 1 is 1.24 bits per heavy atom. The minimum atomic E-state index is -0.991. The van der Waals surface area contributed by atoms with Crippen molar-refractivity contribution in [1.29, 1.82) is 0 Å². The summed E-state index contributed by atoms with van der Waals surface area (Å²) in [6, 6.07) is 12.2. The van der Waals surface area contributed by atoms with E-state index in [1.54, 1.807) is 0 Å². The van der Waals surface area contributed by atoms with Crippen molar-refractivity contribution in [1.82, 2.24) is 9.78 Å². The van der Waals surface area contributed by atoms with Crippen molar-refractivity contribution in [3.05, 3.63) is 74.9 Å². The minimum Gasteiger partial charge on any atom is -0.476 e. The van der Waals surface area contributed by atoms with Crippen LogP contribution in [0.2, 0.25) is 5.02 Å². The fraction of sp³-hybridized carbons (Fsp3) is 0.200. The summed E-state index contributed by atoms with van der Waals surface area (Å²) >= 11 is 6.25. The van der Waals surface area contributed by atoms with Gasteiger partial charge in [-0.2, -0.15) is 5.10 Å². The lowest BCUT2D eigenvalue weighted by Crippen LogP contribution is -2.07. The van der Waals surface area contributed by atoms with Gasteiger partial charge < -0.3 is 5.11 Å². The van der Waals surface area contributed by atoms with Crippen LogP contribution in [0.15, 0.2) is 36.4 Å². The molecule has 1 aliphatic carbocycles. The average molecular weight is 353 g/mol. The van der Waals surface area contributed by atoms with E-state index in [1.807, 2.05) is 42.8 Å². The normalized spacial score (nSPS) is 12.1. The molecule has 0 unspecified atom stereocenters. The Labute approximate surface area is 150 Å². The molecule has 4 rings (SSSR count). The van der Waals surface area contributed by atoms with E-state index >= 15 is 0 Å². The zero-order chi connectivity index (χ0) is 17.7. The highest BCUT2D eigenvalue weighted by Crippen LogP contribution is 2.41. The molecule has 0 aliphatic heterocycles. The average Bonchev–Trinajstić information content (AvgIpc) is 3.08. The first-order valence-electron chi connectivity index (χ1n) is 8.12. The highest BCUT2D eigenvalue weighted by atomic mass is 35.5. The smallest absolute Gasteiger partial charge is 0.356 e. The molecule has 1 aromatic heterocycles. The zero-order valence-corrected chi connectivity index (χ0v) is 14.8. The second-order valence-corrected chi connectivity index (χ2v) is 6.97. The minimum absolute atomic E-state index is 0.132. The van der Waals surface area contributed by atoms with E-state index in [9.17, 15) is 9.90 Å². The van der Waals surface area contributed by atoms with E-state index < -0.39 is 5.97 Å². The second kappa shape index (κ2) is 5.74. The summed E-state index contributed by atoms with van der Waals surface area (Å²) in [6.45, 7) is 4.54. The quantitative estimate of drug-likeness (QED) is 0.591. The van der Waals surface area contributed by atoms with Crippen LogP contribution in [0.25, 0.3) is 11.3 Å². The van der Waals surface area contributed by atoms with Crippen LogP contribution in [0.5, 0.6) is 0 Å². The molecule has 0 radical (unpaired) electrons. The van der Waals surface area contributed by atoms with Crippen molar-refractivity contribution in [2.75, 3.05) is 0 Å². The molecule has 0 bridgehead atoms. The first-order valence-corrected chi connectivity index (χ1v) is 8.49. The first kappa shape index (κ1) is 15.9. The van der Waals surface area contributed by atoms with Gasteiger partial charge in [0.1, 0.15) is 0 Å². The number of aryl methyl sites for hydroxylation is 2. The van der Waals surface area contributed by atoms with Gasteiger partial charge in [0.05, 0.1) is 12.2 Å². The molecule has 0 saturated carbocycles. The van der Waals surface area contributed by atoms with Crippen molar-refractivity contribution in [2.24, 2.45) is 0 Å². The molecular formula is C20H17ClN2O2. The molecule has 0 atom stereocenters. The van der Waals surface area contributed by atoms with Gasteiger partial charge in [-0.05, 0) is 42.7 Å². The highest BCUT2D eigenvalue weighted by molar-refractivity contribution is 6.31. The summed E-state index contributed by atoms with van der Waals surface area (Å²) in [6.07, 6.45) is 0.556. The summed E-state index contributed by atoms with van der Waals surface area (Å²) in [5.41, 5.74) is 7.15. The summed E-state index contributed by atoms with van der Waals surface area (Å²) in [7, 11) is 0. The van der Waals surface area contributed by atoms with Gasteiger partial charge in [-0.25, -0.2) is 4.79 Å². The van der Waals surface area contributed by atoms with E-state index in [4.69, 9.17) is 11.6 Å². The fourth-order valence-electron chi connectivity index (χ4n) is 3.40. The Morgan fingerprint density at radius 3 is 2.64 bits per heavy atom. The maximum absolute atomic E-state index is 11.7. The molecule has 1 aliphatic rings. The third-order valence-electron chi connectivity index (χ3n) is 4.71. The number of halogens is 1. The van der Waals surface area contributed by atoms with Gasteiger partial charge in [-0.1, -0.05) is 41.4 Å². The largest absolute Gasteiger partial charge is 0.476 e. The van der Waals surface area contributed by atoms with Crippen LogP contribution in [0.3, 0.4) is 0 Å². The van der Waals surface area contributed by atoms with Crippen molar-refractivity contribution < 1.29 is 9.90 Å². The number of nitrogens with zero attached hydrogens (tertiary/aromatic N) is 2. The molecule has 5 heteroatoms. The van der Waals surface area contributed by atoms with E-state index in [1.165, 1.54) is 5.56 Å². The predicted octanol–water partition coefficient (Wildman–Crippen LogP) is 4.47. The lowest BCUT2D eigenvalue weighted by molar-refractivity contribution is 0.0688. The van der Waals surface area contributed by atoms with Crippen molar-refractivity contribution in [2.45, 2.75) is 26.8 Å². The topological polar surface area (TPSA) is 55.1 Å². The maximum atomic E-state index is 11.7. The summed E-state index contributed by atoms with van der Waals surface area (Å²) in [4.78, 5) is 11.7. The van der Waals surface area contributed by atoms with Crippen molar-refractivity contribution in [3.63, 3.8) is 0 Å². The summed E-state index contributed by atoms with van der Waals surface area (Å²) in [5.74, 6) is -0.991. The van der Waals surface area contributed by atoms with Crippen LogP contribution < -0.4 is 0 Å². The Hall–Kier alpha value is -2.59. The molecule has 1 N–H and O–H groups in total. The Morgan fingerprint density at radius 2 is 1.96 bits per heavy atom. The van der Waals surface area contributed by atoms with Gasteiger partial charge in [0.15, 0.2) is 5.69 Å². The zero-order valence-electron chi connectivity index (χ0n) is 14.0. The predicted molar refractivity (Wildman–Crippen MR) is 97.5 cm³/mol. The van der Waals surface area contributed by atoms with E-state index in [0.29, 0.717) is 18.0 Å². The molecule has 0 spiro atoms. The van der Waals surface area contributed by atoms with Gasteiger partial charge in [0, 0.05) is 22.6 Å². The standard InChI is InChI=1S/C20H17ClN2O2/c1-11-3-5-13(6-4-11)10-23-19-15-7-12(2)17(21)9-14(15)8-16(19)18(22-23)20(24)25/h3-7,9H,8,10H2,1-2H3,(H,24,25). The van der Waals surface area contributed by atoms with Gasteiger partial charge in [0.2, 0.25) is 0 Å². The second-order valence-electron chi connectivity index (χ2n) is 6.56. The van der Waals surface area contributed by atoms with Crippen LogP contribution in [0.1, 0.15) is 38.3 Å². The van der Waals surface area contributed by atoms with Crippen molar-refractivity contribution >= 4 is 17.6 Å².